The molecule has 0 aliphatic heterocycles. The maximum atomic E-state index is 12.3. The van der Waals surface area contributed by atoms with Crippen LogP contribution in [0.2, 0.25) is 0 Å². The zero-order chi connectivity index (χ0) is 14.6. The van der Waals surface area contributed by atoms with E-state index in [1.807, 2.05) is 0 Å². The fraction of sp³-hybridized carbons (Fsp3) is 0.545. The van der Waals surface area contributed by atoms with Crippen LogP contribution >= 0.6 is 11.3 Å². The van der Waals surface area contributed by atoms with Crippen LogP contribution in [0.5, 0.6) is 0 Å². The average Bonchev–Trinajstić information content (AvgIpc) is 2.99. The van der Waals surface area contributed by atoms with Crippen molar-refractivity contribution in [1.29, 1.82) is 0 Å². The molecule has 0 radical (unpaired) electrons. The molecule has 106 valence electrons. The summed E-state index contributed by atoms with van der Waals surface area (Å²) in [5.41, 5.74) is -0.552. The van der Waals surface area contributed by atoms with E-state index in [0.29, 0.717) is 12.8 Å². The van der Waals surface area contributed by atoms with Crippen LogP contribution in [0.4, 0.5) is 5.13 Å². The van der Waals surface area contributed by atoms with Gasteiger partial charge in [0.2, 0.25) is 15.4 Å². The van der Waals surface area contributed by atoms with Gasteiger partial charge in [0.05, 0.1) is 5.41 Å². The summed E-state index contributed by atoms with van der Waals surface area (Å²) in [6, 6.07) is 0. The molecule has 3 aliphatic rings. The summed E-state index contributed by atoms with van der Waals surface area (Å²) in [5, 5.41) is 14.7. The van der Waals surface area contributed by atoms with E-state index in [9.17, 15) is 13.2 Å². The first-order valence-corrected chi connectivity index (χ1v) is 8.31. The van der Waals surface area contributed by atoms with Crippen LogP contribution in [-0.4, -0.2) is 24.5 Å². The first-order chi connectivity index (χ1) is 9.29. The van der Waals surface area contributed by atoms with Crippen molar-refractivity contribution in [3.63, 3.8) is 0 Å². The Morgan fingerprint density at radius 2 is 2.10 bits per heavy atom. The fourth-order valence-corrected chi connectivity index (χ4v) is 4.46. The summed E-state index contributed by atoms with van der Waals surface area (Å²) in [4.78, 5) is 12.3. The molecule has 0 atom stereocenters. The van der Waals surface area contributed by atoms with Crippen LogP contribution < -0.4 is 10.5 Å². The number of nitrogens with zero attached hydrogens (tertiary/aromatic N) is 2. The van der Waals surface area contributed by atoms with E-state index in [4.69, 9.17) is 11.6 Å². The predicted molar refractivity (Wildman–Crippen MR) is 72.1 cm³/mol. The smallest absolute Gasteiger partial charge is 0.267 e. The molecule has 2 bridgehead atoms. The van der Waals surface area contributed by atoms with Crippen LogP contribution in [0.1, 0.15) is 25.7 Å². The molecule has 4 rings (SSSR count). The molecule has 1 aromatic rings. The van der Waals surface area contributed by atoms with Crippen LogP contribution in [0.25, 0.3) is 0 Å². The van der Waals surface area contributed by atoms with E-state index in [1.165, 1.54) is 0 Å². The summed E-state index contributed by atoms with van der Waals surface area (Å²) in [6.07, 6.45) is 8.46. The molecule has 1 amide bonds. The van der Waals surface area contributed by atoms with Gasteiger partial charge < -0.3 is 5.32 Å². The number of hydrogen-bond acceptors (Lipinski definition) is 6. The molecular formula is C11H12N4O3S2. The number of nitrogens with one attached hydrogen (secondary N) is 1. The minimum absolute atomic E-state index is 0.121. The van der Waals surface area contributed by atoms with Crippen LogP contribution in [-0.2, 0) is 14.8 Å². The normalized spacial score (nSPS) is 31.4. The van der Waals surface area contributed by atoms with Crippen molar-refractivity contribution in [2.75, 3.05) is 5.32 Å². The van der Waals surface area contributed by atoms with E-state index in [2.05, 4.69) is 21.4 Å². The van der Waals surface area contributed by atoms with E-state index in [0.717, 1.165) is 24.2 Å². The van der Waals surface area contributed by atoms with Crippen molar-refractivity contribution >= 4 is 32.4 Å². The average molecular weight is 312 g/mol. The Morgan fingerprint density at radius 3 is 2.60 bits per heavy atom. The summed E-state index contributed by atoms with van der Waals surface area (Å²) in [6.45, 7) is 0. The highest BCUT2D eigenvalue weighted by molar-refractivity contribution is 7.91. The number of amides is 1. The summed E-state index contributed by atoms with van der Waals surface area (Å²) in [5.74, 6) is 2.60. The van der Waals surface area contributed by atoms with Gasteiger partial charge in [-0.1, -0.05) is 17.3 Å². The Bertz CT molecular complexity index is 725. The molecule has 3 fully saturated rings. The van der Waals surface area contributed by atoms with Crippen molar-refractivity contribution in [2.45, 2.75) is 30.0 Å². The molecule has 0 unspecified atom stereocenters. The SMILES string of the molecule is C#CC12CCC(C(=O)Nc3nnc(S(N)(=O)=O)s3)(C1)C2. The second-order valence-electron chi connectivity index (χ2n) is 5.43. The largest absolute Gasteiger partial charge is 0.300 e. The number of fused-ring (bicyclic) bond motifs is 1. The Kier molecular flexibility index (Phi) is 2.70. The molecule has 3 saturated carbocycles. The minimum Gasteiger partial charge on any atom is -0.300 e. The van der Waals surface area contributed by atoms with Gasteiger partial charge in [0.25, 0.3) is 10.0 Å². The Hall–Kier alpha value is -1.50. The molecule has 1 aromatic heterocycles. The van der Waals surface area contributed by atoms with Gasteiger partial charge in [-0.25, -0.2) is 13.6 Å². The molecular weight excluding hydrogens is 300 g/mol. The predicted octanol–water partition coefficient (Wildman–Crippen LogP) is 0.318. The maximum absolute atomic E-state index is 12.3. The second-order valence-corrected chi connectivity index (χ2v) is 8.14. The Morgan fingerprint density at radius 1 is 1.40 bits per heavy atom. The van der Waals surface area contributed by atoms with Gasteiger partial charge in [0.1, 0.15) is 0 Å². The number of aromatic nitrogens is 2. The quantitative estimate of drug-likeness (QED) is 0.616. The zero-order valence-electron chi connectivity index (χ0n) is 10.4. The highest BCUT2D eigenvalue weighted by Gasteiger charge is 2.63. The third kappa shape index (κ3) is 1.91. The molecule has 20 heavy (non-hydrogen) atoms. The number of primary sulfonamides is 1. The minimum atomic E-state index is -3.89. The van der Waals surface area contributed by atoms with Crippen molar-refractivity contribution in [1.82, 2.24) is 10.2 Å². The molecule has 9 heteroatoms. The summed E-state index contributed by atoms with van der Waals surface area (Å²) < 4.78 is 21.9. The maximum Gasteiger partial charge on any atom is 0.267 e. The number of hydrogen-bond donors (Lipinski definition) is 2. The van der Waals surface area contributed by atoms with Gasteiger partial charge >= 0.3 is 0 Å². The highest BCUT2D eigenvalue weighted by atomic mass is 32.2. The molecule has 0 saturated heterocycles. The van der Waals surface area contributed by atoms with E-state index >= 15 is 0 Å². The van der Waals surface area contributed by atoms with Gasteiger partial charge in [0, 0.05) is 5.41 Å². The van der Waals surface area contributed by atoms with E-state index < -0.39 is 15.4 Å². The number of anilines is 1. The van der Waals surface area contributed by atoms with Crippen molar-refractivity contribution in [2.24, 2.45) is 16.0 Å². The number of nitrogens with two attached hydrogens (primary N) is 1. The standard InChI is InChI=1S/C11H12N4O3S2/c1-2-10-3-4-11(5-10,6-10)7(16)13-8-14-15-9(19-8)20(12,17)18/h1H,3-6H2,(H2,12,17,18)(H,13,14,16). The molecule has 0 spiro atoms. The topological polar surface area (TPSA) is 115 Å². The summed E-state index contributed by atoms with van der Waals surface area (Å²) in [7, 11) is -3.89. The van der Waals surface area contributed by atoms with Crippen molar-refractivity contribution in [3.05, 3.63) is 0 Å². The molecule has 7 nitrogen and oxygen atoms in total. The number of carbonyl (C=O) groups excluding carboxylic acids is 1. The highest BCUT2D eigenvalue weighted by Crippen LogP contribution is 2.66. The third-order valence-electron chi connectivity index (χ3n) is 4.09. The number of terminal acetylenes is 1. The molecule has 1 heterocycles. The van der Waals surface area contributed by atoms with Crippen molar-refractivity contribution in [3.8, 4) is 12.3 Å². The number of rotatable bonds is 3. The monoisotopic (exact) mass is 312 g/mol. The van der Waals surface area contributed by atoms with Gasteiger partial charge in [0.15, 0.2) is 0 Å². The van der Waals surface area contributed by atoms with E-state index in [1.54, 1.807) is 0 Å². The zero-order valence-corrected chi connectivity index (χ0v) is 12.1. The number of sulfonamides is 1. The van der Waals surface area contributed by atoms with Gasteiger partial charge in [-0.05, 0) is 25.7 Å². The van der Waals surface area contributed by atoms with E-state index in [-0.39, 0.29) is 20.8 Å². The lowest BCUT2D eigenvalue weighted by Gasteiger charge is -2.42. The van der Waals surface area contributed by atoms with Crippen LogP contribution in [0, 0.1) is 23.2 Å². The number of carbonyl (C=O) groups is 1. The first-order valence-electron chi connectivity index (χ1n) is 5.94. The van der Waals surface area contributed by atoms with Gasteiger partial charge in [-0.2, -0.15) is 0 Å². The Labute approximate surface area is 120 Å². The third-order valence-corrected chi connectivity index (χ3v) is 6.24. The molecule has 3 aliphatic carbocycles. The van der Waals surface area contributed by atoms with Crippen molar-refractivity contribution < 1.29 is 13.2 Å². The van der Waals surface area contributed by atoms with Gasteiger partial charge in [-0.15, -0.1) is 16.6 Å². The summed E-state index contributed by atoms with van der Waals surface area (Å²) >= 11 is 0.740. The van der Waals surface area contributed by atoms with Gasteiger partial charge in [-0.3, -0.25) is 4.79 Å². The van der Waals surface area contributed by atoms with Crippen LogP contribution in [0.15, 0.2) is 4.34 Å². The Balaban J connectivity index is 1.73. The second kappa shape index (κ2) is 4.00. The first kappa shape index (κ1) is 13.5. The molecule has 0 aromatic carbocycles. The lowest BCUT2D eigenvalue weighted by atomic mass is 9.60. The molecule has 3 N–H and O–H groups in total. The lowest BCUT2D eigenvalue weighted by molar-refractivity contribution is -0.130. The lowest BCUT2D eigenvalue weighted by Crippen LogP contribution is -2.45. The fourth-order valence-electron chi connectivity index (χ4n) is 3.13. The van der Waals surface area contributed by atoms with Crippen LogP contribution in [0.3, 0.4) is 0 Å².